The highest BCUT2D eigenvalue weighted by molar-refractivity contribution is 7.81. The summed E-state index contributed by atoms with van der Waals surface area (Å²) in [6.45, 7) is 11.2. The van der Waals surface area contributed by atoms with Gasteiger partial charge in [0.05, 0.1) is 28.6 Å². The monoisotopic (exact) mass is 899 g/mol. The molecule has 2 aromatic carbocycles. The first-order valence-electron chi connectivity index (χ1n) is 19.7. The number of nitrogens with zero attached hydrogens (tertiary/aromatic N) is 5. The lowest BCUT2D eigenvalue weighted by molar-refractivity contribution is -0.144. The number of thiocarbonyl (C=S) groups is 1. The van der Waals surface area contributed by atoms with E-state index in [0.717, 1.165) is 0 Å². The molecule has 5 rings (SSSR count). The lowest BCUT2D eigenvalue weighted by Crippen LogP contribution is -2.59. The van der Waals surface area contributed by atoms with Gasteiger partial charge in [0.2, 0.25) is 17.7 Å². The number of carbonyl (C=O) groups excluding carboxylic acids is 4. The molecule has 2 aliphatic rings. The van der Waals surface area contributed by atoms with E-state index in [2.05, 4.69) is 39.3 Å². The largest absolute Gasteiger partial charge is 0.478 e. The summed E-state index contributed by atoms with van der Waals surface area (Å²) in [4.78, 5) is 62.0. The smallest absolute Gasteiger partial charge is 0.259 e. The van der Waals surface area contributed by atoms with E-state index in [0.29, 0.717) is 17.1 Å². The number of rotatable bonds is 13. The Kier molecular flexibility index (Phi) is 15.0. The second-order valence-electron chi connectivity index (χ2n) is 16.4. The fourth-order valence-electron chi connectivity index (χ4n) is 7.06. The number of aliphatic hydroxyl groups is 1. The van der Waals surface area contributed by atoms with E-state index in [1.165, 1.54) is 51.6 Å². The van der Waals surface area contributed by atoms with Crippen molar-refractivity contribution in [2.75, 3.05) is 36.2 Å². The van der Waals surface area contributed by atoms with Crippen LogP contribution in [0.2, 0.25) is 5.02 Å². The molecule has 4 amide bonds. The van der Waals surface area contributed by atoms with Gasteiger partial charge in [0.15, 0.2) is 28.8 Å². The number of allylic oxidation sites excluding steroid dienone is 1. The first kappa shape index (κ1) is 47.8. The van der Waals surface area contributed by atoms with Gasteiger partial charge in [-0.3, -0.25) is 24.1 Å². The van der Waals surface area contributed by atoms with Crippen molar-refractivity contribution in [3.8, 4) is 35.5 Å². The Balaban J connectivity index is 1.11. The van der Waals surface area contributed by atoms with Crippen molar-refractivity contribution in [2.24, 2.45) is 5.41 Å². The summed E-state index contributed by atoms with van der Waals surface area (Å²) in [6, 6.07) is 8.56. The third-order valence-corrected chi connectivity index (χ3v) is 10.9. The van der Waals surface area contributed by atoms with Crippen LogP contribution in [-0.2, 0) is 29.5 Å². The number of amides is 4. The van der Waals surface area contributed by atoms with E-state index >= 15 is 4.39 Å². The molecule has 18 heteroatoms. The maximum Gasteiger partial charge on any atom is 0.259 e. The van der Waals surface area contributed by atoms with E-state index in [1.54, 1.807) is 72.8 Å². The van der Waals surface area contributed by atoms with Crippen LogP contribution < -0.4 is 25.2 Å². The molecule has 3 N–H and O–H groups in total. The standard InChI is InChI=1S/C45H47ClFN7O8S/c1-8-17-45(7,36-24-49-27-62-36)51-39(57)34-22-31(55)25-52(34)40(58)38(43(2,3)4)50-37(56)26-60-18-11-9-10-12-19-61-35-16-15-30(21-33(35)47)54-42(63)53(41(59)44(54,5)6)29-14-13-28(23-48)32(46)20-29/h8,13-17,20-21,24,27,31,34,38,55H,18-19,22,25-26H2,1-7H3,(H,50,56)(H,51,57)/b17-8-/t31-,34+,38-,45?/m1/s1. The number of carbonyl (C=O) groups is 4. The summed E-state index contributed by atoms with van der Waals surface area (Å²) in [6.07, 6.45) is 5.24. The number of aliphatic hydroxyl groups excluding tert-OH is 1. The Morgan fingerprint density at radius 1 is 1.14 bits per heavy atom. The van der Waals surface area contributed by atoms with Crippen molar-refractivity contribution >= 4 is 63.9 Å². The molecule has 63 heavy (non-hydrogen) atoms. The van der Waals surface area contributed by atoms with Crippen LogP contribution in [-0.4, -0.2) is 93.8 Å². The third kappa shape index (κ3) is 10.8. The fourth-order valence-corrected chi connectivity index (χ4v) is 7.80. The fraction of sp³-hybridized carbons (Fsp3) is 0.400. The Bertz CT molecular complexity index is 2460. The summed E-state index contributed by atoms with van der Waals surface area (Å²) in [7, 11) is 0. The number of hydrogen-bond acceptors (Lipinski definition) is 11. The van der Waals surface area contributed by atoms with Gasteiger partial charge in [0.25, 0.3) is 5.91 Å². The average Bonchev–Trinajstić information content (AvgIpc) is 3.94. The number of hydrogen-bond donors (Lipinski definition) is 3. The van der Waals surface area contributed by atoms with Crippen molar-refractivity contribution in [2.45, 2.75) is 84.2 Å². The number of halogens is 2. The van der Waals surface area contributed by atoms with Crippen LogP contribution in [0.5, 0.6) is 5.75 Å². The number of anilines is 2. The molecular formula is C45H47ClFN7O8S. The highest BCUT2D eigenvalue weighted by Gasteiger charge is 2.51. The molecule has 1 unspecified atom stereocenters. The number of aromatic nitrogens is 1. The predicted octanol–water partition coefficient (Wildman–Crippen LogP) is 4.76. The minimum absolute atomic E-state index is 0.00215. The molecule has 0 spiro atoms. The molecule has 2 aliphatic heterocycles. The van der Waals surface area contributed by atoms with Gasteiger partial charge in [-0.2, -0.15) is 5.26 Å². The minimum Gasteiger partial charge on any atom is -0.478 e. The van der Waals surface area contributed by atoms with Gasteiger partial charge < -0.3 is 39.4 Å². The number of β-amino-alcohol motifs (C(OH)–C–C–N with tert-alkyl or cyclic N) is 1. The van der Waals surface area contributed by atoms with Crippen LogP contribution in [0.15, 0.2) is 65.6 Å². The Hall–Kier alpha value is -6.29. The van der Waals surface area contributed by atoms with E-state index in [1.807, 2.05) is 6.07 Å². The van der Waals surface area contributed by atoms with Gasteiger partial charge in [-0.15, -0.1) is 0 Å². The van der Waals surface area contributed by atoms with Crippen LogP contribution in [0, 0.1) is 46.2 Å². The predicted molar refractivity (Wildman–Crippen MR) is 235 cm³/mol. The topological polar surface area (TPSA) is 191 Å². The van der Waals surface area contributed by atoms with Gasteiger partial charge in [0, 0.05) is 24.7 Å². The molecule has 4 atom stereocenters. The number of oxazole rings is 1. The average molecular weight is 900 g/mol. The zero-order valence-corrected chi connectivity index (χ0v) is 37.3. The molecule has 15 nitrogen and oxygen atoms in total. The van der Waals surface area contributed by atoms with Crippen molar-refractivity contribution in [1.29, 1.82) is 5.26 Å². The lowest BCUT2D eigenvalue weighted by Gasteiger charge is -2.36. The number of ether oxygens (including phenoxy) is 2. The van der Waals surface area contributed by atoms with Gasteiger partial charge in [-0.1, -0.05) is 50.4 Å². The van der Waals surface area contributed by atoms with Gasteiger partial charge >= 0.3 is 0 Å². The first-order valence-corrected chi connectivity index (χ1v) is 20.5. The Morgan fingerprint density at radius 3 is 2.46 bits per heavy atom. The Morgan fingerprint density at radius 2 is 1.84 bits per heavy atom. The zero-order valence-electron chi connectivity index (χ0n) is 35.7. The second kappa shape index (κ2) is 19.8. The van der Waals surface area contributed by atoms with E-state index < -0.39 is 64.8 Å². The first-order chi connectivity index (χ1) is 29.7. The number of benzene rings is 2. The van der Waals surface area contributed by atoms with Crippen molar-refractivity contribution < 1.29 is 42.6 Å². The molecule has 3 aromatic rings. The maximum absolute atomic E-state index is 15.2. The highest BCUT2D eigenvalue weighted by Crippen LogP contribution is 2.38. The highest BCUT2D eigenvalue weighted by atomic mass is 35.5. The maximum atomic E-state index is 15.2. The number of likely N-dealkylation sites (tertiary alicyclic amines) is 1. The molecule has 0 bridgehead atoms. The Labute approximate surface area is 375 Å². The van der Waals surface area contributed by atoms with E-state index in [9.17, 15) is 29.5 Å². The minimum atomic E-state index is -1.18. The van der Waals surface area contributed by atoms with E-state index in [4.69, 9.17) is 37.7 Å². The summed E-state index contributed by atoms with van der Waals surface area (Å²) in [5.41, 5.74) is -2.11. The molecule has 2 saturated heterocycles. The van der Waals surface area contributed by atoms with Crippen LogP contribution in [0.4, 0.5) is 15.8 Å². The third-order valence-electron chi connectivity index (χ3n) is 10.2. The SMILES string of the molecule is C/C=C\C(C)(NC(=O)[C@@H]1C[C@@H](O)CN1C(=O)[C@@H](NC(=O)COCC#CC#CCOc1ccc(N2C(=S)N(c3ccc(C#N)c(Cl)c3)C(=O)C2(C)C)cc1F)C(C)(C)C)c1cnco1. The molecule has 0 radical (unpaired) electrons. The summed E-state index contributed by atoms with van der Waals surface area (Å²) < 4.78 is 31.6. The summed E-state index contributed by atoms with van der Waals surface area (Å²) in [5, 5.41) is 25.7. The second-order valence-corrected chi connectivity index (χ2v) is 17.2. The zero-order chi connectivity index (χ0) is 46.3. The van der Waals surface area contributed by atoms with Crippen molar-refractivity contribution in [3.63, 3.8) is 0 Å². The van der Waals surface area contributed by atoms with Crippen molar-refractivity contribution in [3.05, 3.63) is 83.3 Å². The van der Waals surface area contributed by atoms with Crippen LogP contribution >= 0.6 is 23.8 Å². The van der Waals surface area contributed by atoms with Gasteiger partial charge in [0.1, 0.15) is 49.1 Å². The molecule has 0 saturated carbocycles. The van der Waals surface area contributed by atoms with E-state index in [-0.39, 0.29) is 53.5 Å². The van der Waals surface area contributed by atoms with Crippen molar-refractivity contribution in [1.82, 2.24) is 20.5 Å². The molecule has 1 aromatic heterocycles. The normalized spacial score (nSPS) is 18.5. The number of nitrogens with one attached hydrogen (secondary N) is 2. The van der Waals surface area contributed by atoms with Gasteiger partial charge in [-0.25, -0.2) is 9.37 Å². The molecule has 3 heterocycles. The van der Waals surface area contributed by atoms with Crippen LogP contribution in [0.25, 0.3) is 0 Å². The summed E-state index contributed by atoms with van der Waals surface area (Å²) in [5.74, 6) is 7.99. The van der Waals surface area contributed by atoms with Crippen LogP contribution in [0.3, 0.4) is 0 Å². The quantitative estimate of drug-likeness (QED) is 0.0925. The summed E-state index contributed by atoms with van der Waals surface area (Å²) >= 11 is 11.9. The number of nitriles is 1. The molecule has 0 aliphatic carbocycles. The van der Waals surface area contributed by atoms with Crippen LogP contribution in [0.1, 0.15) is 66.2 Å². The molecular weight excluding hydrogens is 853 g/mol. The van der Waals surface area contributed by atoms with Gasteiger partial charge in [-0.05, 0) is 93.4 Å². The molecule has 2 fully saturated rings. The lowest BCUT2D eigenvalue weighted by atomic mass is 9.85. The molecule has 330 valence electrons.